The number of carbonyl (C=O) groups is 1. The van der Waals surface area contributed by atoms with E-state index in [0.29, 0.717) is 12.3 Å². The minimum atomic E-state index is -3.83. The van der Waals surface area contributed by atoms with Gasteiger partial charge in [-0.15, -0.1) is 11.3 Å². The van der Waals surface area contributed by atoms with Crippen LogP contribution in [0.25, 0.3) is 6.08 Å². The van der Waals surface area contributed by atoms with Gasteiger partial charge in [-0.2, -0.15) is 4.31 Å². The van der Waals surface area contributed by atoms with E-state index in [4.69, 9.17) is 4.42 Å². The maximum atomic E-state index is 12.8. The fourth-order valence-corrected chi connectivity index (χ4v) is 4.19. The first-order valence-corrected chi connectivity index (χ1v) is 11.0. The number of nitrogens with one attached hydrogen (secondary N) is 1. The molecule has 0 saturated heterocycles. The lowest BCUT2D eigenvalue weighted by Crippen LogP contribution is -2.39. The van der Waals surface area contributed by atoms with Crippen LogP contribution in [0, 0.1) is 0 Å². The van der Waals surface area contributed by atoms with Crippen molar-refractivity contribution in [2.75, 3.05) is 6.54 Å². The van der Waals surface area contributed by atoms with Crippen molar-refractivity contribution in [3.05, 3.63) is 87.8 Å². The Bertz CT molecular complexity index is 996. The van der Waals surface area contributed by atoms with E-state index in [0.717, 1.165) is 20.2 Å². The van der Waals surface area contributed by atoms with E-state index in [1.165, 1.54) is 23.7 Å². The summed E-state index contributed by atoms with van der Waals surface area (Å²) in [5.41, 5.74) is 0.756. The topological polar surface area (TPSA) is 79.6 Å². The Morgan fingerprint density at radius 3 is 2.61 bits per heavy atom. The normalized spacial score (nSPS) is 11.9. The number of nitrogens with zero attached hydrogens (tertiary/aromatic N) is 1. The molecule has 0 fully saturated rings. The fourth-order valence-electron chi connectivity index (χ4n) is 2.44. The number of thiophene rings is 1. The quantitative estimate of drug-likeness (QED) is 0.579. The summed E-state index contributed by atoms with van der Waals surface area (Å²) in [5.74, 6) is 0.0828. The zero-order valence-electron chi connectivity index (χ0n) is 15.0. The summed E-state index contributed by atoms with van der Waals surface area (Å²) in [5, 5.41) is 5.78. The first-order chi connectivity index (χ1) is 13.5. The highest BCUT2D eigenvalue weighted by molar-refractivity contribution is 7.92. The highest BCUT2D eigenvalue weighted by Gasteiger charge is 2.23. The fraction of sp³-hybridized carbons (Fsp3) is 0.150. The van der Waals surface area contributed by atoms with Crippen LogP contribution in [0.3, 0.4) is 0 Å². The third kappa shape index (κ3) is 5.91. The lowest BCUT2D eigenvalue weighted by atomic mass is 10.2. The largest absolute Gasteiger partial charge is 0.468 e. The maximum Gasteiger partial charge on any atom is 0.237 e. The molecule has 6 nitrogen and oxygen atoms in total. The van der Waals surface area contributed by atoms with E-state index in [1.54, 1.807) is 24.3 Å². The highest BCUT2D eigenvalue weighted by atomic mass is 32.2. The molecule has 0 saturated carbocycles. The van der Waals surface area contributed by atoms with Gasteiger partial charge >= 0.3 is 0 Å². The SMILES string of the molecule is O=C(CN(Cc1ccco1)S(=O)(=O)C=Cc1ccccc1)NCc1cccs1. The van der Waals surface area contributed by atoms with Crippen LogP contribution in [-0.4, -0.2) is 25.2 Å². The summed E-state index contributed by atoms with van der Waals surface area (Å²) < 4.78 is 32.0. The van der Waals surface area contributed by atoms with Gasteiger partial charge in [-0.25, -0.2) is 8.42 Å². The van der Waals surface area contributed by atoms with Crippen molar-refractivity contribution in [1.82, 2.24) is 9.62 Å². The van der Waals surface area contributed by atoms with Gasteiger partial charge in [-0.3, -0.25) is 4.79 Å². The Balaban J connectivity index is 1.71. The molecule has 28 heavy (non-hydrogen) atoms. The van der Waals surface area contributed by atoms with Crippen molar-refractivity contribution in [2.45, 2.75) is 13.1 Å². The van der Waals surface area contributed by atoms with E-state index < -0.39 is 10.0 Å². The van der Waals surface area contributed by atoms with Crippen LogP contribution < -0.4 is 5.32 Å². The second kappa shape index (κ2) is 9.50. The van der Waals surface area contributed by atoms with Crippen LogP contribution in [0.1, 0.15) is 16.2 Å². The zero-order valence-corrected chi connectivity index (χ0v) is 16.7. The summed E-state index contributed by atoms with van der Waals surface area (Å²) in [6.45, 7) is 0.0411. The molecule has 2 heterocycles. The summed E-state index contributed by atoms with van der Waals surface area (Å²) in [4.78, 5) is 13.3. The maximum absolute atomic E-state index is 12.8. The Hall–Kier alpha value is -2.68. The van der Waals surface area contributed by atoms with Crippen molar-refractivity contribution in [3.63, 3.8) is 0 Å². The molecule has 1 amide bonds. The third-order valence-corrected chi connectivity index (χ3v) is 6.20. The van der Waals surface area contributed by atoms with Crippen LogP contribution in [-0.2, 0) is 27.9 Å². The Kier molecular flexibility index (Phi) is 6.80. The van der Waals surface area contributed by atoms with Crippen LogP contribution in [0.15, 0.2) is 76.1 Å². The van der Waals surface area contributed by atoms with Crippen LogP contribution in [0.5, 0.6) is 0 Å². The van der Waals surface area contributed by atoms with Gasteiger partial charge in [0.05, 0.1) is 25.9 Å². The average Bonchev–Trinajstić information content (AvgIpc) is 3.39. The molecule has 1 aromatic carbocycles. The summed E-state index contributed by atoms with van der Waals surface area (Å²) in [6, 6.07) is 16.3. The second-order valence-corrected chi connectivity index (χ2v) is 8.81. The van der Waals surface area contributed by atoms with Gasteiger partial charge < -0.3 is 9.73 Å². The molecular formula is C20H20N2O4S2. The summed E-state index contributed by atoms with van der Waals surface area (Å²) in [7, 11) is -3.83. The van der Waals surface area contributed by atoms with Crippen LogP contribution in [0.4, 0.5) is 0 Å². The number of hydrogen-bond donors (Lipinski definition) is 1. The molecule has 0 aliphatic carbocycles. The number of sulfonamides is 1. The molecular weight excluding hydrogens is 396 g/mol. The molecule has 0 aliphatic heterocycles. The lowest BCUT2D eigenvalue weighted by Gasteiger charge is -2.18. The molecule has 3 aromatic rings. The monoisotopic (exact) mass is 416 g/mol. The highest BCUT2D eigenvalue weighted by Crippen LogP contribution is 2.14. The Morgan fingerprint density at radius 2 is 1.93 bits per heavy atom. The van der Waals surface area contributed by atoms with Crippen molar-refractivity contribution in [3.8, 4) is 0 Å². The Morgan fingerprint density at radius 1 is 1.11 bits per heavy atom. The minimum Gasteiger partial charge on any atom is -0.468 e. The predicted molar refractivity (Wildman–Crippen MR) is 110 cm³/mol. The molecule has 2 aromatic heterocycles. The molecule has 3 rings (SSSR count). The van der Waals surface area contributed by atoms with Gasteiger partial charge in [-0.05, 0) is 35.2 Å². The van der Waals surface area contributed by atoms with Crippen LogP contribution >= 0.6 is 11.3 Å². The van der Waals surface area contributed by atoms with Crippen molar-refractivity contribution >= 4 is 33.3 Å². The predicted octanol–water partition coefficient (Wildman–Crippen LogP) is 3.46. The number of benzene rings is 1. The van der Waals surface area contributed by atoms with Crippen LogP contribution in [0.2, 0.25) is 0 Å². The van der Waals surface area contributed by atoms with Gasteiger partial charge in [-0.1, -0.05) is 36.4 Å². The second-order valence-electron chi connectivity index (χ2n) is 5.96. The van der Waals surface area contributed by atoms with Gasteiger partial charge in [0.2, 0.25) is 15.9 Å². The molecule has 0 atom stereocenters. The van der Waals surface area contributed by atoms with Gasteiger partial charge in [0.1, 0.15) is 5.76 Å². The number of hydrogen-bond acceptors (Lipinski definition) is 5. The molecule has 0 aliphatic rings. The molecule has 146 valence electrons. The minimum absolute atomic E-state index is 0.0269. The molecule has 0 unspecified atom stereocenters. The van der Waals surface area contributed by atoms with Crippen molar-refractivity contribution in [2.24, 2.45) is 0 Å². The number of carbonyl (C=O) groups excluding carboxylic acids is 1. The molecule has 0 bridgehead atoms. The number of amides is 1. The average molecular weight is 417 g/mol. The third-order valence-electron chi connectivity index (χ3n) is 3.86. The smallest absolute Gasteiger partial charge is 0.237 e. The van der Waals surface area contributed by atoms with Crippen molar-refractivity contribution in [1.29, 1.82) is 0 Å². The van der Waals surface area contributed by atoms with Crippen molar-refractivity contribution < 1.29 is 17.6 Å². The van der Waals surface area contributed by atoms with E-state index in [2.05, 4.69) is 5.32 Å². The van der Waals surface area contributed by atoms with Gasteiger partial charge in [0.15, 0.2) is 0 Å². The molecule has 0 spiro atoms. The first kappa shape index (κ1) is 20.1. The lowest BCUT2D eigenvalue weighted by molar-refractivity contribution is -0.121. The summed E-state index contributed by atoms with van der Waals surface area (Å²) >= 11 is 1.53. The number of rotatable bonds is 9. The van der Waals surface area contributed by atoms with E-state index >= 15 is 0 Å². The van der Waals surface area contributed by atoms with Gasteiger partial charge in [0.25, 0.3) is 0 Å². The van der Waals surface area contributed by atoms with E-state index in [1.807, 2.05) is 35.7 Å². The first-order valence-electron chi connectivity index (χ1n) is 8.58. The van der Waals surface area contributed by atoms with Gasteiger partial charge in [0, 0.05) is 10.3 Å². The summed E-state index contributed by atoms with van der Waals surface area (Å²) in [6.07, 6.45) is 2.98. The van der Waals surface area contributed by atoms with E-state index in [-0.39, 0.29) is 19.0 Å². The Labute approximate surface area is 168 Å². The number of furan rings is 1. The molecule has 0 radical (unpaired) electrons. The van der Waals surface area contributed by atoms with E-state index in [9.17, 15) is 13.2 Å². The zero-order chi connectivity index (χ0) is 19.8. The standard InChI is InChI=1S/C20H20N2O4S2/c23-20(21-14-19-9-5-12-27-19)16-22(15-18-8-4-11-26-18)28(24,25)13-10-17-6-2-1-3-7-17/h1-13H,14-16H2,(H,21,23). The molecule has 8 heteroatoms. The molecule has 1 N–H and O–H groups in total.